The Morgan fingerprint density at radius 3 is 2.35 bits per heavy atom. The van der Waals surface area contributed by atoms with E-state index in [0.717, 1.165) is 25.7 Å². The highest BCUT2D eigenvalue weighted by Crippen LogP contribution is 2.40. The van der Waals surface area contributed by atoms with Crippen LogP contribution in [0.2, 0.25) is 0 Å². The average molecular weight is 314 g/mol. The van der Waals surface area contributed by atoms with Gasteiger partial charge in [-0.1, -0.05) is 0 Å². The van der Waals surface area contributed by atoms with Crippen molar-refractivity contribution in [1.29, 1.82) is 0 Å². The smallest absolute Gasteiger partial charge is 0.274 e. The first kappa shape index (κ1) is 14.1. The van der Waals surface area contributed by atoms with E-state index in [9.17, 15) is 9.59 Å². The molecule has 0 aromatic carbocycles. The van der Waals surface area contributed by atoms with E-state index in [-0.39, 0.29) is 29.6 Å². The molecule has 4 heterocycles. The number of hydrogen-bond acceptors (Lipinski definition) is 5. The molecule has 8 nitrogen and oxygen atoms in total. The van der Waals surface area contributed by atoms with Gasteiger partial charge in [-0.3, -0.25) is 9.59 Å². The fraction of sp³-hybridized carbons (Fsp3) is 0.533. The maximum absolute atomic E-state index is 12.8. The van der Waals surface area contributed by atoms with Crippen LogP contribution in [0.1, 0.15) is 42.2 Å². The first-order valence-electron chi connectivity index (χ1n) is 7.86. The zero-order chi connectivity index (χ0) is 16.0. The van der Waals surface area contributed by atoms with Crippen LogP contribution in [0.4, 0.5) is 0 Å². The number of fused-ring (bicyclic) bond motifs is 2. The van der Waals surface area contributed by atoms with Gasteiger partial charge in [0, 0.05) is 25.2 Å². The molecule has 2 aromatic rings. The first-order chi connectivity index (χ1) is 11.1. The summed E-state index contributed by atoms with van der Waals surface area (Å²) in [6.45, 7) is 0. The van der Waals surface area contributed by atoms with Crippen molar-refractivity contribution in [3.05, 3.63) is 40.6 Å². The lowest BCUT2D eigenvalue weighted by molar-refractivity contribution is 0.0503. The fourth-order valence-corrected chi connectivity index (χ4v) is 3.83. The Hall–Kier alpha value is -2.51. The predicted octanol–water partition coefficient (Wildman–Crippen LogP) is 0.380. The molecule has 1 amide bonds. The van der Waals surface area contributed by atoms with Crippen molar-refractivity contribution in [2.75, 3.05) is 0 Å². The van der Waals surface area contributed by atoms with Crippen LogP contribution in [-0.2, 0) is 7.05 Å². The van der Waals surface area contributed by atoms with E-state index >= 15 is 0 Å². The minimum Gasteiger partial charge on any atom is -0.331 e. The summed E-state index contributed by atoms with van der Waals surface area (Å²) in [5.74, 6) is -0.0834. The molecular formula is C15H18N6O2. The number of amides is 1. The van der Waals surface area contributed by atoms with Gasteiger partial charge >= 0.3 is 0 Å². The third kappa shape index (κ3) is 2.34. The maximum atomic E-state index is 12.8. The molecule has 2 saturated heterocycles. The maximum Gasteiger partial charge on any atom is 0.274 e. The summed E-state index contributed by atoms with van der Waals surface area (Å²) < 4.78 is 1.20. The minimum absolute atomic E-state index is 0.0834. The van der Waals surface area contributed by atoms with Crippen molar-refractivity contribution in [2.24, 2.45) is 7.05 Å². The molecular weight excluding hydrogens is 296 g/mol. The van der Waals surface area contributed by atoms with E-state index in [1.54, 1.807) is 24.2 Å². The highest BCUT2D eigenvalue weighted by atomic mass is 16.2. The summed E-state index contributed by atoms with van der Waals surface area (Å²) >= 11 is 0. The van der Waals surface area contributed by atoms with E-state index < -0.39 is 0 Å². The highest BCUT2D eigenvalue weighted by Gasteiger charge is 2.44. The number of piperidine rings is 1. The van der Waals surface area contributed by atoms with Crippen molar-refractivity contribution < 1.29 is 4.79 Å². The number of aromatic nitrogens is 5. The largest absolute Gasteiger partial charge is 0.331 e. The van der Waals surface area contributed by atoms with Gasteiger partial charge in [0.15, 0.2) is 0 Å². The standard InChI is InChI=1S/C15H18N6O2/c1-19-14(22)5-4-13(18-19)15(23)20-10-2-3-11(20)9-12(8-10)21-16-6-7-17-21/h4-7,10-12H,2-3,8-9H2,1H3. The normalized spacial score (nSPS) is 26.5. The second kappa shape index (κ2) is 5.29. The van der Waals surface area contributed by atoms with Gasteiger partial charge in [-0.2, -0.15) is 20.1 Å². The molecule has 0 aliphatic carbocycles. The Morgan fingerprint density at radius 1 is 1.09 bits per heavy atom. The second-order valence-electron chi connectivity index (χ2n) is 6.25. The van der Waals surface area contributed by atoms with Crippen LogP contribution in [0.25, 0.3) is 0 Å². The Morgan fingerprint density at radius 2 is 1.74 bits per heavy atom. The lowest BCUT2D eigenvalue weighted by Crippen LogP contribution is -2.47. The number of aryl methyl sites for hydroxylation is 1. The van der Waals surface area contributed by atoms with Gasteiger partial charge in [-0.15, -0.1) is 0 Å². The molecule has 23 heavy (non-hydrogen) atoms. The zero-order valence-corrected chi connectivity index (χ0v) is 12.9. The number of carbonyl (C=O) groups is 1. The molecule has 2 atom stereocenters. The molecule has 2 aromatic heterocycles. The summed E-state index contributed by atoms with van der Waals surface area (Å²) in [4.78, 5) is 28.0. The molecule has 2 unspecified atom stereocenters. The van der Waals surface area contributed by atoms with Crippen molar-refractivity contribution in [3.8, 4) is 0 Å². The number of hydrogen-bond donors (Lipinski definition) is 0. The molecule has 2 bridgehead atoms. The Kier molecular flexibility index (Phi) is 3.24. The molecule has 2 fully saturated rings. The van der Waals surface area contributed by atoms with Crippen LogP contribution in [0.15, 0.2) is 29.3 Å². The summed E-state index contributed by atoms with van der Waals surface area (Å²) in [7, 11) is 1.56. The van der Waals surface area contributed by atoms with Crippen molar-refractivity contribution in [3.63, 3.8) is 0 Å². The summed E-state index contributed by atoms with van der Waals surface area (Å²) in [5, 5.41) is 12.6. The Labute approximate surface area is 132 Å². The topological polar surface area (TPSA) is 85.9 Å². The van der Waals surface area contributed by atoms with Crippen LogP contribution < -0.4 is 5.56 Å². The fourth-order valence-electron chi connectivity index (χ4n) is 3.83. The van der Waals surface area contributed by atoms with Gasteiger partial charge in [-0.05, 0) is 31.7 Å². The molecule has 120 valence electrons. The minimum atomic E-state index is -0.215. The van der Waals surface area contributed by atoms with Gasteiger partial charge in [0.2, 0.25) is 0 Å². The van der Waals surface area contributed by atoms with Crippen LogP contribution in [0.5, 0.6) is 0 Å². The van der Waals surface area contributed by atoms with E-state index in [2.05, 4.69) is 15.3 Å². The molecule has 0 spiro atoms. The molecule has 2 aliphatic rings. The average Bonchev–Trinajstić information content (AvgIpc) is 3.16. The zero-order valence-electron chi connectivity index (χ0n) is 12.9. The van der Waals surface area contributed by atoms with Gasteiger partial charge in [0.25, 0.3) is 11.5 Å². The van der Waals surface area contributed by atoms with E-state index in [1.807, 2.05) is 4.90 Å². The van der Waals surface area contributed by atoms with E-state index in [0.29, 0.717) is 5.69 Å². The SMILES string of the molecule is Cn1nc(C(=O)N2C3CCC2CC(n2nccn2)C3)ccc1=O. The van der Waals surface area contributed by atoms with Crippen LogP contribution in [0, 0.1) is 0 Å². The van der Waals surface area contributed by atoms with Crippen molar-refractivity contribution >= 4 is 5.91 Å². The first-order valence-corrected chi connectivity index (χ1v) is 7.86. The van der Waals surface area contributed by atoms with Gasteiger partial charge < -0.3 is 4.90 Å². The molecule has 8 heteroatoms. The van der Waals surface area contributed by atoms with E-state index in [4.69, 9.17) is 0 Å². The van der Waals surface area contributed by atoms with Crippen molar-refractivity contribution in [1.82, 2.24) is 29.7 Å². The van der Waals surface area contributed by atoms with Gasteiger partial charge in [0.05, 0.1) is 18.4 Å². The summed E-state index contributed by atoms with van der Waals surface area (Å²) in [5.41, 5.74) is 0.118. The Bertz CT molecular complexity index is 770. The number of nitrogens with zero attached hydrogens (tertiary/aromatic N) is 6. The molecule has 0 radical (unpaired) electrons. The van der Waals surface area contributed by atoms with Crippen LogP contribution >= 0.6 is 0 Å². The molecule has 4 rings (SSSR count). The third-order valence-corrected chi connectivity index (χ3v) is 4.89. The Balaban J connectivity index is 1.57. The lowest BCUT2D eigenvalue weighted by atomic mass is 9.97. The summed E-state index contributed by atoms with van der Waals surface area (Å²) in [6, 6.07) is 3.54. The highest BCUT2D eigenvalue weighted by molar-refractivity contribution is 5.92. The lowest BCUT2D eigenvalue weighted by Gasteiger charge is -2.38. The molecule has 0 saturated carbocycles. The quantitative estimate of drug-likeness (QED) is 0.800. The molecule has 2 aliphatic heterocycles. The third-order valence-electron chi connectivity index (χ3n) is 4.89. The molecule has 0 N–H and O–H groups in total. The number of rotatable bonds is 2. The predicted molar refractivity (Wildman–Crippen MR) is 80.8 cm³/mol. The monoisotopic (exact) mass is 314 g/mol. The second-order valence-corrected chi connectivity index (χ2v) is 6.25. The van der Waals surface area contributed by atoms with Crippen LogP contribution in [-0.4, -0.2) is 47.7 Å². The van der Waals surface area contributed by atoms with Crippen LogP contribution in [0.3, 0.4) is 0 Å². The number of carbonyl (C=O) groups excluding carboxylic acids is 1. The van der Waals surface area contributed by atoms with Crippen molar-refractivity contribution in [2.45, 2.75) is 43.8 Å². The summed E-state index contributed by atoms with van der Waals surface area (Å²) in [6.07, 6.45) is 7.10. The van der Waals surface area contributed by atoms with E-state index in [1.165, 1.54) is 16.8 Å². The van der Waals surface area contributed by atoms with Gasteiger partial charge in [0.1, 0.15) is 5.69 Å². The van der Waals surface area contributed by atoms with Gasteiger partial charge in [-0.25, -0.2) is 4.68 Å².